The molecule has 96 valence electrons. The summed E-state index contributed by atoms with van der Waals surface area (Å²) in [5.41, 5.74) is 5.15. The van der Waals surface area contributed by atoms with Gasteiger partial charge >= 0.3 is 0 Å². The predicted molar refractivity (Wildman–Crippen MR) is 68.2 cm³/mol. The van der Waals surface area contributed by atoms with Crippen LogP contribution in [0.25, 0.3) is 11.0 Å². The van der Waals surface area contributed by atoms with Crippen LogP contribution in [0.4, 0.5) is 5.82 Å². The molecule has 0 fully saturated rings. The van der Waals surface area contributed by atoms with E-state index in [9.17, 15) is 4.79 Å². The van der Waals surface area contributed by atoms with Crippen LogP contribution in [0.15, 0.2) is 6.20 Å². The van der Waals surface area contributed by atoms with Crippen molar-refractivity contribution in [3.8, 4) is 0 Å². The molecule has 8 heteroatoms. The summed E-state index contributed by atoms with van der Waals surface area (Å²) in [7, 11) is 0. The number of aromatic nitrogens is 4. The van der Waals surface area contributed by atoms with Gasteiger partial charge in [0.2, 0.25) is 11.2 Å². The van der Waals surface area contributed by atoms with Gasteiger partial charge in [0.15, 0.2) is 5.65 Å². The fourth-order valence-electron chi connectivity index (χ4n) is 1.33. The molecule has 0 unspecified atom stereocenters. The van der Waals surface area contributed by atoms with Crippen LogP contribution in [-0.2, 0) is 4.79 Å². The van der Waals surface area contributed by atoms with Crippen LogP contribution in [0.1, 0.15) is 13.8 Å². The molecule has 2 aromatic rings. The number of aromatic amines is 1. The number of nitrogens with one attached hydrogen (secondary N) is 2. The Morgan fingerprint density at radius 1 is 1.56 bits per heavy atom. The van der Waals surface area contributed by atoms with Crippen LogP contribution in [0, 0.1) is 5.41 Å². The second-order valence-corrected chi connectivity index (χ2v) is 4.91. The maximum absolute atomic E-state index is 11.2. The number of nitrogens with two attached hydrogens (primary N) is 1. The van der Waals surface area contributed by atoms with Crippen molar-refractivity contribution >= 4 is 34.4 Å². The Morgan fingerprint density at radius 2 is 2.28 bits per heavy atom. The first-order valence-electron chi connectivity index (χ1n) is 5.30. The maximum atomic E-state index is 11.2. The number of carbonyl (C=O) groups is 1. The fourth-order valence-corrected chi connectivity index (χ4v) is 1.50. The monoisotopic (exact) mass is 268 g/mol. The van der Waals surface area contributed by atoms with E-state index in [2.05, 4.69) is 25.5 Å². The molecule has 2 rings (SSSR count). The molecule has 2 heterocycles. The Kier molecular flexibility index (Phi) is 3.08. The summed E-state index contributed by atoms with van der Waals surface area (Å²) >= 11 is 5.79. The Bertz CT molecular complexity index is 593. The Morgan fingerprint density at radius 3 is 2.94 bits per heavy atom. The minimum absolute atomic E-state index is 0.103. The average molecular weight is 269 g/mol. The van der Waals surface area contributed by atoms with Gasteiger partial charge in [-0.2, -0.15) is 15.1 Å². The summed E-state index contributed by atoms with van der Waals surface area (Å²) in [6, 6.07) is 0. The van der Waals surface area contributed by atoms with Crippen LogP contribution >= 0.6 is 11.6 Å². The quantitative estimate of drug-likeness (QED) is 0.715. The molecule has 0 aliphatic carbocycles. The summed E-state index contributed by atoms with van der Waals surface area (Å²) in [6.07, 6.45) is 1.59. The Labute approximate surface area is 108 Å². The van der Waals surface area contributed by atoms with E-state index in [-0.39, 0.29) is 5.28 Å². The van der Waals surface area contributed by atoms with Gasteiger partial charge in [-0.15, -0.1) is 0 Å². The van der Waals surface area contributed by atoms with E-state index in [1.165, 1.54) is 0 Å². The topological polar surface area (TPSA) is 110 Å². The maximum Gasteiger partial charge on any atom is 0.226 e. The summed E-state index contributed by atoms with van der Waals surface area (Å²) in [5, 5.41) is 10.4. The lowest BCUT2D eigenvalue weighted by molar-refractivity contribution is -0.125. The predicted octanol–water partition coefficient (Wildman–Crippen LogP) is 0.930. The third-order valence-corrected chi connectivity index (χ3v) is 2.82. The van der Waals surface area contributed by atoms with E-state index in [0.717, 1.165) is 0 Å². The summed E-state index contributed by atoms with van der Waals surface area (Å²) < 4.78 is 0. The molecule has 2 aromatic heterocycles. The zero-order valence-electron chi connectivity index (χ0n) is 9.99. The number of H-pyrrole nitrogens is 1. The molecular formula is C10H13ClN6O. The molecule has 1 amide bonds. The largest absolute Gasteiger partial charge is 0.369 e. The zero-order chi connectivity index (χ0) is 13.3. The summed E-state index contributed by atoms with van der Waals surface area (Å²) in [6.45, 7) is 3.84. The van der Waals surface area contributed by atoms with E-state index in [0.29, 0.717) is 23.4 Å². The molecule has 0 aromatic carbocycles. The molecule has 7 nitrogen and oxygen atoms in total. The number of rotatable bonds is 4. The van der Waals surface area contributed by atoms with Gasteiger partial charge in [-0.25, -0.2) is 0 Å². The normalized spacial score (nSPS) is 11.7. The highest BCUT2D eigenvalue weighted by atomic mass is 35.5. The van der Waals surface area contributed by atoms with Crippen molar-refractivity contribution in [3.63, 3.8) is 0 Å². The van der Waals surface area contributed by atoms with Crippen LogP contribution in [-0.4, -0.2) is 32.6 Å². The number of halogens is 1. The lowest BCUT2D eigenvalue weighted by atomic mass is 9.93. The second kappa shape index (κ2) is 4.41. The molecule has 0 saturated carbocycles. The van der Waals surface area contributed by atoms with Crippen molar-refractivity contribution in [2.24, 2.45) is 11.1 Å². The van der Waals surface area contributed by atoms with Crippen molar-refractivity contribution in [1.82, 2.24) is 20.2 Å². The number of fused-ring (bicyclic) bond motifs is 1. The van der Waals surface area contributed by atoms with Crippen LogP contribution in [0.3, 0.4) is 0 Å². The smallest absolute Gasteiger partial charge is 0.226 e. The fraction of sp³-hybridized carbons (Fsp3) is 0.400. The van der Waals surface area contributed by atoms with Crippen molar-refractivity contribution in [2.75, 3.05) is 11.9 Å². The molecule has 0 radical (unpaired) electrons. The first kappa shape index (κ1) is 12.6. The van der Waals surface area contributed by atoms with Gasteiger partial charge in [-0.1, -0.05) is 0 Å². The lowest BCUT2D eigenvalue weighted by Crippen LogP contribution is -2.37. The second-order valence-electron chi connectivity index (χ2n) is 4.58. The summed E-state index contributed by atoms with van der Waals surface area (Å²) in [5.74, 6) is 0.131. The van der Waals surface area contributed by atoms with Crippen LogP contribution in [0.2, 0.25) is 5.28 Å². The van der Waals surface area contributed by atoms with Crippen molar-refractivity contribution in [3.05, 3.63) is 11.5 Å². The van der Waals surface area contributed by atoms with Crippen molar-refractivity contribution < 1.29 is 4.79 Å². The molecule has 4 N–H and O–H groups in total. The zero-order valence-corrected chi connectivity index (χ0v) is 10.7. The highest BCUT2D eigenvalue weighted by molar-refractivity contribution is 6.28. The van der Waals surface area contributed by atoms with E-state index < -0.39 is 11.3 Å². The van der Waals surface area contributed by atoms with Gasteiger partial charge in [-0.3, -0.25) is 9.89 Å². The first-order chi connectivity index (χ1) is 8.40. The van der Waals surface area contributed by atoms with E-state index in [4.69, 9.17) is 17.3 Å². The highest BCUT2D eigenvalue weighted by Crippen LogP contribution is 2.22. The molecule has 0 atom stereocenters. The van der Waals surface area contributed by atoms with E-state index in [1.54, 1.807) is 20.0 Å². The van der Waals surface area contributed by atoms with Crippen LogP contribution < -0.4 is 11.1 Å². The van der Waals surface area contributed by atoms with E-state index >= 15 is 0 Å². The SMILES string of the molecule is CC(C)(CNc1nc(Cl)nc2[nH]ncc12)C(N)=O. The highest BCUT2D eigenvalue weighted by Gasteiger charge is 2.25. The third kappa shape index (κ3) is 2.35. The summed E-state index contributed by atoms with van der Waals surface area (Å²) in [4.78, 5) is 19.3. The Hall–Kier alpha value is -1.89. The van der Waals surface area contributed by atoms with Gasteiger partial charge < -0.3 is 11.1 Å². The molecule has 0 aliphatic rings. The van der Waals surface area contributed by atoms with Crippen molar-refractivity contribution in [1.29, 1.82) is 0 Å². The molecule has 0 spiro atoms. The first-order valence-corrected chi connectivity index (χ1v) is 5.68. The number of carbonyl (C=O) groups excluding carboxylic acids is 1. The lowest BCUT2D eigenvalue weighted by Gasteiger charge is -2.21. The third-order valence-electron chi connectivity index (χ3n) is 2.65. The van der Waals surface area contributed by atoms with E-state index in [1.807, 2.05) is 0 Å². The number of anilines is 1. The number of hydrogen-bond acceptors (Lipinski definition) is 5. The van der Waals surface area contributed by atoms with Crippen LogP contribution in [0.5, 0.6) is 0 Å². The van der Waals surface area contributed by atoms with Gasteiger partial charge in [0.25, 0.3) is 0 Å². The minimum atomic E-state index is -0.687. The number of hydrogen-bond donors (Lipinski definition) is 3. The Balaban J connectivity index is 2.27. The van der Waals surface area contributed by atoms with Gasteiger partial charge in [0.05, 0.1) is 17.0 Å². The number of amides is 1. The molecule has 18 heavy (non-hydrogen) atoms. The van der Waals surface area contributed by atoms with Gasteiger partial charge in [0, 0.05) is 6.54 Å². The molecule has 0 aliphatic heterocycles. The molecular weight excluding hydrogens is 256 g/mol. The average Bonchev–Trinajstić information content (AvgIpc) is 2.73. The molecule has 0 saturated heterocycles. The van der Waals surface area contributed by atoms with Gasteiger partial charge in [-0.05, 0) is 25.4 Å². The van der Waals surface area contributed by atoms with Gasteiger partial charge in [0.1, 0.15) is 5.82 Å². The number of primary amides is 1. The van der Waals surface area contributed by atoms with Crippen molar-refractivity contribution in [2.45, 2.75) is 13.8 Å². The minimum Gasteiger partial charge on any atom is -0.369 e. The molecule has 0 bridgehead atoms. The standard InChI is InChI=1S/C10H13ClN6O/c1-10(2,8(12)18)4-13-6-5-3-14-17-7(5)16-9(11)15-6/h3H,4H2,1-2H3,(H2,12,18)(H2,13,14,15,16,17). The number of nitrogens with zero attached hydrogens (tertiary/aromatic N) is 3.